The van der Waals surface area contributed by atoms with Crippen molar-refractivity contribution in [3.05, 3.63) is 71.8 Å². The van der Waals surface area contributed by atoms with Crippen LogP contribution >= 0.6 is 0 Å². The molecule has 1 fully saturated rings. The Bertz CT molecular complexity index is 663. The normalized spacial score (nSPS) is 26.2. The summed E-state index contributed by atoms with van der Waals surface area (Å²) >= 11 is 0. The van der Waals surface area contributed by atoms with Crippen LogP contribution in [0.4, 0.5) is 0 Å². The molecule has 5 atom stereocenters. The Morgan fingerprint density at radius 1 is 0.926 bits per heavy atom. The Kier molecular flexibility index (Phi) is 7.38. The summed E-state index contributed by atoms with van der Waals surface area (Å²) in [5.41, 5.74) is 2.12. The fourth-order valence-electron chi connectivity index (χ4n) is 3.84. The van der Waals surface area contributed by atoms with Crippen LogP contribution in [0.2, 0.25) is 0 Å². The minimum atomic E-state index is -0.990. The molecule has 1 aliphatic rings. The molecule has 3 N–H and O–H groups in total. The largest absolute Gasteiger partial charge is 0.394 e. The van der Waals surface area contributed by atoms with Gasteiger partial charge in [-0.3, -0.25) is 0 Å². The molecule has 27 heavy (non-hydrogen) atoms. The lowest BCUT2D eigenvalue weighted by Crippen LogP contribution is -2.38. The van der Waals surface area contributed by atoms with E-state index < -0.39 is 18.1 Å². The second-order valence-electron chi connectivity index (χ2n) is 7.13. The molecular weight excluding hydrogens is 344 g/mol. The third kappa shape index (κ3) is 5.37. The van der Waals surface area contributed by atoms with Crippen molar-refractivity contribution in [2.45, 2.75) is 37.9 Å². The smallest absolute Gasteiger partial charge is 0.0828 e. The summed E-state index contributed by atoms with van der Waals surface area (Å²) in [5, 5.41) is 30.0. The van der Waals surface area contributed by atoms with Gasteiger partial charge in [0.15, 0.2) is 0 Å². The number of aliphatic hydroxyl groups is 3. The SMILES string of the molecule is OCC(O)[C@H]1[C@H](COCc2ccccc2)[C@@H](OCc2ccccc2)C[C@H]1O. The Hall–Kier alpha value is -1.76. The van der Waals surface area contributed by atoms with E-state index in [0.29, 0.717) is 26.2 Å². The molecule has 146 valence electrons. The van der Waals surface area contributed by atoms with E-state index >= 15 is 0 Å². The monoisotopic (exact) mass is 372 g/mol. The topological polar surface area (TPSA) is 79.2 Å². The second kappa shape index (κ2) is 9.97. The molecule has 5 nitrogen and oxygen atoms in total. The fraction of sp³-hybridized carbons (Fsp3) is 0.455. The number of benzene rings is 2. The summed E-state index contributed by atoms with van der Waals surface area (Å²) in [4.78, 5) is 0. The molecule has 3 rings (SSSR count). The minimum absolute atomic E-state index is 0.186. The Labute approximate surface area is 160 Å². The van der Waals surface area contributed by atoms with Crippen molar-refractivity contribution >= 4 is 0 Å². The van der Waals surface area contributed by atoms with Crippen LogP contribution in [0.15, 0.2) is 60.7 Å². The van der Waals surface area contributed by atoms with Gasteiger partial charge in [-0.25, -0.2) is 0 Å². The molecule has 0 aromatic heterocycles. The molecule has 0 radical (unpaired) electrons. The molecule has 0 saturated heterocycles. The summed E-state index contributed by atoms with van der Waals surface area (Å²) in [6, 6.07) is 19.7. The van der Waals surface area contributed by atoms with Crippen LogP contribution in [0.3, 0.4) is 0 Å². The van der Waals surface area contributed by atoms with Crippen molar-refractivity contribution in [2.24, 2.45) is 11.8 Å². The van der Waals surface area contributed by atoms with Crippen LogP contribution in [0.25, 0.3) is 0 Å². The lowest BCUT2D eigenvalue weighted by atomic mass is 9.89. The summed E-state index contributed by atoms with van der Waals surface area (Å²) in [5.74, 6) is -0.652. The van der Waals surface area contributed by atoms with Gasteiger partial charge in [0.1, 0.15) is 0 Å². The molecule has 5 heteroatoms. The van der Waals surface area contributed by atoms with E-state index in [2.05, 4.69) is 0 Å². The van der Waals surface area contributed by atoms with Gasteiger partial charge in [0.05, 0.1) is 44.7 Å². The van der Waals surface area contributed by atoms with Crippen LogP contribution in [0, 0.1) is 11.8 Å². The van der Waals surface area contributed by atoms with Gasteiger partial charge >= 0.3 is 0 Å². The Morgan fingerprint density at radius 3 is 2.11 bits per heavy atom. The first-order valence-corrected chi connectivity index (χ1v) is 9.43. The molecule has 1 aliphatic carbocycles. The van der Waals surface area contributed by atoms with E-state index in [1.54, 1.807) is 0 Å². The Morgan fingerprint density at radius 2 is 1.52 bits per heavy atom. The average Bonchev–Trinajstić information content (AvgIpc) is 3.02. The fourth-order valence-corrected chi connectivity index (χ4v) is 3.84. The van der Waals surface area contributed by atoms with Crippen LogP contribution in [0.5, 0.6) is 0 Å². The molecular formula is C22H28O5. The van der Waals surface area contributed by atoms with Gasteiger partial charge in [0.25, 0.3) is 0 Å². The standard InChI is InChI=1S/C22H28O5/c23-12-20(25)22-18(15-26-13-16-7-3-1-4-8-16)21(11-19(22)24)27-14-17-9-5-2-6-10-17/h1-10,18-25H,11-15H2/t18-,19-,20?,21+,22+/m1/s1. The lowest BCUT2D eigenvalue weighted by Gasteiger charge is -2.28. The van der Waals surface area contributed by atoms with E-state index in [1.165, 1.54) is 0 Å². The summed E-state index contributed by atoms with van der Waals surface area (Å²) in [7, 11) is 0. The molecule has 1 unspecified atom stereocenters. The number of ether oxygens (including phenoxy) is 2. The van der Waals surface area contributed by atoms with Crippen molar-refractivity contribution in [1.82, 2.24) is 0 Å². The van der Waals surface area contributed by atoms with Crippen molar-refractivity contribution < 1.29 is 24.8 Å². The second-order valence-corrected chi connectivity index (χ2v) is 7.13. The highest BCUT2D eigenvalue weighted by molar-refractivity contribution is 5.14. The third-order valence-corrected chi connectivity index (χ3v) is 5.25. The molecule has 2 aromatic rings. The number of aliphatic hydroxyl groups excluding tert-OH is 3. The summed E-state index contributed by atoms with van der Waals surface area (Å²) < 4.78 is 11.9. The van der Waals surface area contributed by atoms with E-state index in [1.807, 2.05) is 60.7 Å². The van der Waals surface area contributed by atoms with E-state index in [9.17, 15) is 15.3 Å². The van der Waals surface area contributed by atoms with Crippen molar-refractivity contribution in [2.75, 3.05) is 13.2 Å². The van der Waals surface area contributed by atoms with E-state index in [-0.39, 0.29) is 18.6 Å². The van der Waals surface area contributed by atoms with Crippen molar-refractivity contribution in [3.8, 4) is 0 Å². The molecule has 0 heterocycles. The quantitative estimate of drug-likeness (QED) is 0.629. The maximum absolute atomic E-state index is 10.4. The maximum atomic E-state index is 10.4. The molecule has 0 spiro atoms. The maximum Gasteiger partial charge on any atom is 0.0828 e. The Balaban J connectivity index is 1.62. The van der Waals surface area contributed by atoms with Gasteiger partial charge in [-0.2, -0.15) is 0 Å². The van der Waals surface area contributed by atoms with Gasteiger partial charge in [-0.1, -0.05) is 60.7 Å². The van der Waals surface area contributed by atoms with Crippen molar-refractivity contribution in [1.29, 1.82) is 0 Å². The molecule has 2 aromatic carbocycles. The van der Waals surface area contributed by atoms with Gasteiger partial charge in [-0.05, 0) is 11.1 Å². The van der Waals surface area contributed by atoms with Gasteiger partial charge in [-0.15, -0.1) is 0 Å². The number of rotatable bonds is 9. The lowest BCUT2D eigenvalue weighted by molar-refractivity contribution is -0.0628. The molecule has 1 saturated carbocycles. The first-order valence-electron chi connectivity index (χ1n) is 9.43. The first kappa shape index (κ1) is 20.0. The number of hydrogen-bond acceptors (Lipinski definition) is 5. The highest BCUT2D eigenvalue weighted by Crippen LogP contribution is 2.37. The number of hydrogen-bond donors (Lipinski definition) is 3. The highest BCUT2D eigenvalue weighted by Gasteiger charge is 2.46. The zero-order valence-corrected chi connectivity index (χ0v) is 15.4. The van der Waals surface area contributed by atoms with E-state index in [4.69, 9.17) is 9.47 Å². The zero-order chi connectivity index (χ0) is 19.1. The van der Waals surface area contributed by atoms with Crippen molar-refractivity contribution in [3.63, 3.8) is 0 Å². The van der Waals surface area contributed by atoms with Gasteiger partial charge in [0.2, 0.25) is 0 Å². The minimum Gasteiger partial charge on any atom is -0.394 e. The predicted octanol–water partition coefficient (Wildman–Crippen LogP) is 2.14. The predicted molar refractivity (Wildman–Crippen MR) is 102 cm³/mol. The third-order valence-electron chi connectivity index (χ3n) is 5.25. The molecule has 0 bridgehead atoms. The highest BCUT2D eigenvalue weighted by atomic mass is 16.5. The van der Waals surface area contributed by atoms with Gasteiger partial charge < -0.3 is 24.8 Å². The van der Waals surface area contributed by atoms with Crippen LogP contribution in [-0.4, -0.2) is 46.8 Å². The van der Waals surface area contributed by atoms with Crippen LogP contribution in [0.1, 0.15) is 17.5 Å². The van der Waals surface area contributed by atoms with Gasteiger partial charge in [0, 0.05) is 18.3 Å². The summed E-state index contributed by atoms with van der Waals surface area (Å²) in [6.07, 6.45) is -1.52. The molecule has 0 aliphatic heterocycles. The zero-order valence-electron chi connectivity index (χ0n) is 15.4. The first-order chi connectivity index (χ1) is 13.2. The van der Waals surface area contributed by atoms with Crippen LogP contribution < -0.4 is 0 Å². The molecule has 0 amide bonds. The van der Waals surface area contributed by atoms with Crippen LogP contribution in [-0.2, 0) is 22.7 Å². The average molecular weight is 372 g/mol. The van der Waals surface area contributed by atoms with E-state index in [0.717, 1.165) is 11.1 Å². The summed E-state index contributed by atoms with van der Waals surface area (Å²) in [6.45, 7) is 0.867.